The lowest BCUT2D eigenvalue weighted by molar-refractivity contribution is 0.0380. The number of pyridine rings is 1. The van der Waals surface area contributed by atoms with Crippen molar-refractivity contribution in [3.63, 3.8) is 0 Å². The van der Waals surface area contributed by atoms with Gasteiger partial charge in [-0.25, -0.2) is 18.6 Å². The van der Waals surface area contributed by atoms with Gasteiger partial charge in [-0.1, -0.05) is 42.6 Å². The monoisotopic (exact) mass is 559 g/mol. The van der Waals surface area contributed by atoms with E-state index in [1.165, 1.54) is 28.8 Å². The number of anilines is 1. The molecule has 0 atom stereocenters. The smallest absolute Gasteiger partial charge is 0.435 e. The number of rotatable bonds is 10. The number of carbonyl (C=O) groups excluding carboxylic acids is 2. The Balaban J connectivity index is 1.81. The van der Waals surface area contributed by atoms with Gasteiger partial charge in [0, 0.05) is 34.1 Å². The third kappa shape index (κ3) is 5.92. The average molecular weight is 560 g/mol. The quantitative estimate of drug-likeness (QED) is 0.0934. The molecule has 0 aliphatic carbocycles. The number of fused-ring (bicyclic) bond motifs is 1. The standard InChI is InChI=1S/C27H24ClF2N3O4S/c1-3-11-38-32-22-10-9-21(29)23(24(22)30)25(34)20-14-33(15-37-27(35)36-4-2)26-19(20)12-17(13-31-26)16-5-7-18(28)8-6-16/h5-10,12-14,32H,3-4,11,15H2,1-2H3. The van der Waals surface area contributed by atoms with E-state index in [0.29, 0.717) is 21.7 Å². The number of ether oxygens (including phenoxy) is 2. The van der Waals surface area contributed by atoms with Crippen LogP contribution in [0.15, 0.2) is 54.9 Å². The number of hydrogen-bond donors (Lipinski definition) is 1. The molecule has 2 aromatic carbocycles. The first-order valence-electron chi connectivity index (χ1n) is 11.8. The van der Waals surface area contributed by atoms with Crippen LogP contribution in [0, 0.1) is 11.6 Å². The zero-order chi connectivity index (χ0) is 27.2. The highest BCUT2D eigenvalue weighted by atomic mass is 35.5. The summed E-state index contributed by atoms with van der Waals surface area (Å²) in [5, 5.41) is 0.880. The molecule has 0 radical (unpaired) electrons. The van der Waals surface area contributed by atoms with Gasteiger partial charge in [0.1, 0.15) is 11.5 Å². The Morgan fingerprint density at radius 1 is 1.08 bits per heavy atom. The highest BCUT2D eigenvalue weighted by Gasteiger charge is 2.26. The van der Waals surface area contributed by atoms with Crippen molar-refractivity contribution < 1.29 is 27.8 Å². The van der Waals surface area contributed by atoms with E-state index in [0.717, 1.165) is 18.1 Å². The first-order valence-corrected chi connectivity index (χ1v) is 13.1. The zero-order valence-corrected chi connectivity index (χ0v) is 22.2. The molecule has 4 aromatic rings. The second kappa shape index (κ2) is 12.3. The van der Waals surface area contributed by atoms with Crippen LogP contribution >= 0.6 is 23.5 Å². The number of hydrogen-bond acceptors (Lipinski definition) is 7. The van der Waals surface area contributed by atoms with Gasteiger partial charge in [0.25, 0.3) is 0 Å². The normalized spacial score (nSPS) is 11.0. The van der Waals surface area contributed by atoms with Gasteiger partial charge in [-0.15, -0.1) is 0 Å². The van der Waals surface area contributed by atoms with Crippen molar-refractivity contribution in [3.05, 3.63) is 82.6 Å². The van der Waals surface area contributed by atoms with Crippen molar-refractivity contribution in [2.45, 2.75) is 27.0 Å². The van der Waals surface area contributed by atoms with E-state index < -0.39 is 29.1 Å². The summed E-state index contributed by atoms with van der Waals surface area (Å²) >= 11 is 7.26. The van der Waals surface area contributed by atoms with E-state index in [9.17, 15) is 14.0 Å². The van der Waals surface area contributed by atoms with E-state index in [2.05, 4.69) is 9.71 Å². The molecule has 0 saturated heterocycles. The molecule has 0 aliphatic rings. The largest absolute Gasteiger partial charge is 0.510 e. The van der Waals surface area contributed by atoms with Crippen LogP contribution in [-0.2, 0) is 16.2 Å². The molecule has 0 amide bonds. The van der Waals surface area contributed by atoms with Crippen molar-refractivity contribution in [2.75, 3.05) is 17.1 Å². The Labute approximate surface area is 227 Å². The minimum Gasteiger partial charge on any atom is -0.435 e. The van der Waals surface area contributed by atoms with Crippen LogP contribution in [0.25, 0.3) is 22.2 Å². The second-order valence-electron chi connectivity index (χ2n) is 8.13. The van der Waals surface area contributed by atoms with E-state index in [1.54, 1.807) is 43.5 Å². The summed E-state index contributed by atoms with van der Waals surface area (Å²) in [7, 11) is 0. The average Bonchev–Trinajstić information content (AvgIpc) is 3.27. The molecule has 0 fully saturated rings. The van der Waals surface area contributed by atoms with Crippen molar-refractivity contribution in [2.24, 2.45) is 0 Å². The van der Waals surface area contributed by atoms with Gasteiger partial charge in [0.05, 0.1) is 23.4 Å². The molecule has 0 unspecified atom stereocenters. The van der Waals surface area contributed by atoms with Crippen LogP contribution in [0.1, 0.15) is 36.2 Å². The molecule has 4 rings (SSSR count). The summed E-state index contributed by atoms with van der Waals surface area (Å²) in [4.78, 5) is 29.8. The highest BCUT2D eigenvalue weighted by Crippen LogP contribution is 2.31. The maximum absolute atomic E-state index is 15.4. The summed E-state index contributed by atoms with van der Waals surface area (Å²) in [6.07, 6.45) is 2.88. The maximum atomic E-state index is 15.4. The van der Waals surface area contributed by atoms with Crippen LogP contribution in [0.5, 0.6) is 0 Å². The summed E-state index contributed by atoms with van der Waals surface area (Å²) in [6.45, 7) is 3.40. The Bertz CT molecular complexity index is 1480. The van der Waals surface area contributed by atoms with E-state index in [4.69, 9.17) is 21.1 Å². The summed E-state index contributed by atoms with van der Waals surface area (Å²) in [5.41, 5.74) is 1.00. The summed E-state index contributed by atoms with van der Waals surface area (Å²) < 4.78 is 44.4. The van der Waals surface area contributed by atoms with Gasteiger partial charge in [0.2, 0.25) is 5.78 Å². The number of benzene rings is 2. The minimum absolute atomic E-state index is 0.00237. The lowest BCUT2D eigenvalue weighted by atomic mass is 10.00. The van der Waals surface area contributed by atoms with Crippen LogP contribution in [0.4, 0.5) is 19.3 Å². The fourth-order valence-corrected chi connectivity index (χ4v) is 4.48. The number of nitrogens with zero attached hydrogens (tertiary/aromatic N) is 2. The molecule has 0 saturated carbocycles. The third-order valence-electron chi connectivity index (χ3n) is 5.53. The number of aromatic nitrogens is 2. The van der Waals surface area contributed by atoms with Crippen molar-refractivity contribution in [3.8, 4) is 11.1 Å². The van der Waals surface area contributed by atoms with E-state index in [-0.39, 0.29) is 30.2 Å². The topological polar surface area (TPSA) is 82.5 Å². The van der Waals surface area contributed by atoms with Crippen molar-refractivity contribution >= 4 is 52.2 Å². The summed E-state index contributed by atoms with van der Waals surface area (Å²) in [5.74, 6) is -2.17. The molecule has 2 heterocycles. The first kappa shape index (κ1) is 27.4. The Morgan fingerprint density at radius 3 is 2.55 bits per heavy atom. The SMILES string of the molecule is CCCSNc1ccc(F)c(C(=O)c2cn(COC(=O)OCC)c3ncc(-c4ccc(Cl)cc4)cc23)c1F. The number of carbonyl (C=O) groups is 2. The van der Waals surface area contributed by atoms with Gasteiger partial charge in [-0.3, -0.25) is 9.36 Å². The molecular formula is C27H24ClF2N3O4S. The molecule has 0 aliphatic heterocycles. The van der Waals surface area contributed by atoms with Crippen LogP contribution < -0.4 is 4.72 Å². The Morgan fingerprint density at radius 2 is 1.84 bits per heavy atom. The van der Waals surface area contributed by atoms with Crippen molar-refractivity contribution in [1.82, 2.24) is 9.55 Å². The van der Waals surface area contributed by atoms with Gasteiger partial charge in [0.15, 0.2) is 12.5 Å². The van der Waals surface area contributed by atoms with Gasteiger partial charge in [-0.2, -0.15) is 0 Å². The first-order chi connectivity index (χ1) is 18.3. The maximum Gasteiger partial charge on any atom is 0.510 e. The third-order valence-corrected chi connectivity index (χ3v) is 6.75. The zero-order valence-electron chi connectivity index (χ0n) is 20.6. The van der Waals surface area contributed by atoms with Crippen molar-refractivity contribution in [1.29, 1.82) is 0 Å². The van der Waals surface area contributed by atoms with E-state index in [1.807, 2.05) is 6.92 Å². The fraction of sp³-hybridized carbons (Fsp3) is 0.222. The van der Waals surface area contributed by atoms with Crippen LogP contribution in [0.3, 0.4) is 0 Å². The van der Waals surface area contributed by atoms with Gasteiger partial charge >= 0.3 is 6.16 Å². The number of nitrogens with one attached hydrogen (secondary N) is 1. The molecule has 38 heavy (non-hydrogen) atoms. The lowest BCUT2D eigenvalue weighted by Gasteiger charge is -2.10. The molecule has 198 valence electrons. The fourth-order valence-electron chi connectivity index (χ4n) is 3.74. The molecule has 7 nitrogen and oxygen atoms in total. The Hall–Kier alpha value is -3.63. The Kier molecular flexibility index (Phi) is 8.85. The molecule has 0 spiro atoms. The molecule has 2 aromatic heterocycles. The number of ketones is 1. The predicted octanol–water partition coefficient (Wildman–Crippen LogP) is 7.47. The molecule has 11 heteroatoms. The summed E-state index contributed by atoms with van der Waals surface area (Å²) in [6, 6.07) is 11.0. The van der Waals surface area contributed by atoms with E-state index >= 15 is 4.39 Å². The highest BCUT2D eigenvalue weighted by molar-refractivity contribution is 8.00. The molecule has 1 N–H and O–H groups in total. The molecular weight excluding hydrogens is 536 g/mol. The second-order valence-corrected chi connectivity index (χ2v) is 9.47. The minimum atomic E-state index is -0.996. The van der Waals surface area contributed by atoms with Crippen LogP contribution in [-0.4, -0.2) is 33.8 Å². The molecule has 0 bridgehead atoms. The lowest BCUT2D eigenvalue weighted by Crippen LogP contribution is -2.11. The number of halogens is 3. The van der Waals surface area contributed by atoms with Crippen LogP contribution in [0.2, 0.25) is 5.02 Å². The predicted molar refractivity (Wildman–Crippen MR) is 144 cm³/mol. The van der Waals surface area contributed by atoms with Gasteiger partial charge < -0.3 is 14.2 Å². The van der Waals surface area contributed by atoms with Gasteiger partial charge in [-0.05, 0) is 49.2 Å².